The summed E-state index contributed by atoms with van der Waals surface area (Å²) in [7, 11) is 1.33. The van der Waals surface area contributed by atoms with E-state index in [0.29, 0.717) is 17.5 Å². The van der Waals surface area contributed by atoms with Crippen LogP contribution in [0.1, 0.15) is 42.2 Å². The number of hydrogen-bond donors (Lipinski definition) is 1. The molecule has 124 valence electrons. The summed E-state index contributed by atoms with van der Waals surface area (Å²) < 4.78 is 6.58. The smallest absolute Gasteiger partial charge is 0.357 e. The van der Waals surface area contributed by atoms with Crippen LogP contribution in [0.4, 0.5) is 5.13 Å². The molecule has 6 nitrogen and oxygen atoms in total. The van der Waals surface area contributed by atoms with E-state index >= 15 is 0 Å². The summed E-state index contributed by atoms with van der Waals surface area (Å²) >= 11 is 1.32. The van der Waals surface area contributed by atoms with Gasteiger partial charge in [-0.2, -0.15) is 0 Å². The van der Waals surface area contributed by atoms with Crippen molar-refractivity contribution in [3.8, 4) is 0 Å². The molecule has 0 aromatic carbocycles. The number of hydrogen-bond acceptors (Lipinski definition) is 5. The van der Waals surface area contributed by atoms with E-state index in [1.165, 1.54) is 18.4 Å². The number of amides is 1. The molecule has 2 heterocycles. The molecule has 1 unspecified atom stereocenters. The summed E-state index contributed by atoms with van der Waals surface area (Å²) in [5.41, 5.74) is 0.287. The number of esters is 1. The van der Waals surface area contributed by atoms with E-state index in [1.54, 1.807) is 11.5 Å². The molecule has 0 aliphatic rings. The summed E-state index contributed by atoms with van der Waals surface area (Å²) in [4.78, 5) is 29.2. The number of ether oxygens (including phenoxy) is 1. The molecule has 7 heteroatoms. The Morgan fingerprint density at radius 3 is 2.52 bits per heavy atom. The molecule has 0 saturated heterocycles. The standard InChI is InChI=1S/C16H21N3O3S/c1-10(2)9-12-13(15(21)22-4)17-16(23-12)18-14(20)11(3)19-7-5-6-8-19/h5-8,10-11H,9H2,1-4H3,(H,17,18,20). The van der Waals surface area contributed by atoms with Crippen molar-refractivity contribution in [2.75, 3.05) is 12.4 Å². The van der Waals surface area contributed by atoms with Crippen molar-refractivity contribution < 1.29 is 14.3 Å². The molecule has 23 heavy (non-hydrogen) atoms. The number of thiazole rings is 1. The van der Waals surface area contributed by atoms with Crippen LogP contribution in [0.2, 0.25) is 0 Å². The molecule has 1 atom stereocenters. The number of carbonyl (C=O) groups is 2. The number of carbonyl (C=O) groups excluding carboxylic acids is 2. The molecule has 0 bridgehead atoms. The van der Waals surface area contributed by atoms with Crippen LogP contribution in [0, 0.1) is 5.92 Å². The topological polar surface area (TPSA) is 73.2 Å². The fourth-order valence-electron chi connectivity index (χ4n) is 2.12. The summed E-state index contributed by atoms with van der Waals surface area (Å²) in [5, 5.41) is 3.20. The second kappa shape index (κ2) is 7.41. The van der Waals surface area contributed by atoms with Gasteiger partial charge in [0.05, 0.1) is 7.11 Å². The van der Waals surface area contributed by atoms with Crippen LogP contribution in [0.5, 0.6) is 0 Å². The zero-order valence-electron chi connectivity index (χ0n) is 13.7. The number of rotatable bonds is 6. The van der Waals surface area contributed by atoms with Gasteiger partial charge in [-0.1, -0.05) is 13.8 Å². The van der Waals surface area contributed by atoms with Gasteiger partial charge in [-0.3, -0.25) is 4.79 Å². The minimum absolute atomic E-state index is 0.178. The van der Waals surface area contributed by atoms with Gasteiger partial charge in [-0.25, -0.2) is 9.78 Å². The van der Waals surface area contributed by atoms with Crippen molar-refractivity contribution in [1.29, 1.82) is 0 Å². The van der Waals surface area contributed by atoms with Crippen LogP contribution in [0.15, 0.2) is 24.5 Å². The van der Waals surface area contributed by atoms with Gasteiger partial charge in [0.1, 0.15) is 6.04 Å². The summed E-state index contributed by atoms with van der Waals surface area (Å²) in [6, 6.07) is 3.37. The van der Waals surface area contributed by atoms with Gasteiger partial charge in [0.2, 0.25) is 5.91 Å². The van der Waals surface area contributed by atoms with Crippen molar-refractivity contribution in [1.82, 2.24) is 9.55 Å². The minimum atomic E-state index is -0.476. The second-order valence-electron chi connectivity index (χ2n) is 5.68. The van der Waals surface area contributed by atoms with E-state index in [2.05, 4.69) is 24.1 Å². The van der Waals surface area contributed by atoms with Crippen LogP contribution >= 0.6 is 11.3 Å². The highest BCUT2D eigenvalue weighted by atomic mass is 32.1. The van der Waals surface area contributed by atoms with Crippen molar-refractivity contribution in [2.45, 2.75) is 33.2 Å². The molecule has 0 aliphatic carbocycles. The van der Waals surface area contributed by atoms with Crippen molar-refractivity contribution in [2.24, 2.45) is 5.92 Å². The first-order valence-electron chi connectivity index (χ1n) is 7.43. The van der Waals surface area contributed by atoms with Crippen molar-refractivity contribution >= 4 is 28.3 Å². The lowest BCUT2D eigenvalue weighted by molar-refractivity contribution is -0.118. The number of anilines is 1. The van der Waals surface area contributed by atoms with Gasteiger partial charge in [0.15, 0.2) is 10.8 Å². The molecule has 0 radical (unpaired) electrons. The molecule has 1 N–H and O–H groups in total. The van der Waals surface area contributed by atoms with E-state index in [4.69, 9.17) is 4.74 Å². The average molecular weight is 335 g/mol. The van der Waals surface area contributed by atoms with Gasteiger partial charge in [0.25, 0.3) is 0 Å². The zero-order chi connectivity index (χ0) is 17.0. The third-order valence-electron chi connectivity index (χ3n) is 3.35. The molecule has 0 saturated carbocycles. The zero-order valence-corrected chi connectivity index (χ0v) is 14.5. The Bertz CT molecular complexity index is 677. The fraction of sp³-hybridized carbons (Fsp3) is 0.438. The second-order valence-corrected chi connectivity index (χ2v) is 6.76. The normalized spacial score (nSPS) is 12.2. The highest BCUT2D eigenvalue weighted by Gasteiger charge is 2.22. The first kappa shape index (κ1) is 17.2. The number of nitrogens with zero attached hydrogens (tertiary/aromatic N) is 2. The Kier molecular flexibility index (Phi) is 5.54. The number of nitrogens with one attached hydrogen (secondary N) is 1. The Morgan fingerprint density at radius 2 is 1.96 bits per heavy atom. The van der Waals surface area contributed by atoms with Crippen LogP contribution in [-0.4, -0.2) is 28.5 Å². The van der Waals surface area contributed by atoms with Crippen LogP contribution in [0.3, 0.4) is 0 Å². The molecular weight excluding hydrogens is 314 g/mol. The number of methoxy groups -OCH3 is 1. The lowest BCUT2D eigenvalue weighted by Crippen LogP contribution is -2.22. The molecule has 2 aromatic heterocycles. The summed E-state index contributed by atoms with van der Waals surface area (Å²) in [6.07, 6.45) is 4.37. The van der Waals surface area contributed by atoms with Crippen molar-refractivity contribution in [3.05, 3.63) is 35.1 Å². The SMILES string of the molecule is COC(=O)c1nc(NC(=O)C(C)n2cccc2)sc1CC(C)C. The predicted molar refractivity (Wildman–Crippen MR) is 89.8 cm³/mol. The van der Waals surface area contributed by atoms with E-state index in [1.807, 2.05) is 24.5 Å². The van der Waals surface area contributed by atoms with Gasteiger partial charge < -0.3 is 14.6 Å². The van der Waals surface area contributed by atoms with Crippen LogP contribution < -0.4 is 5.32 Å². The Hall–Kier alpha value is -2.15. The summed E-state index contributed by atoms with van der Waals surface area (Å²) in [5.74, 6) is -0.278. The molecule has 1 amide bonds. The maximum absolute atomic E-state index is 12.3. The molecule has 0 aliphatic heterocycles. The van der Waals surface area contributed by atoms with Crippen LogP contribution in [0.25, 0.3) is 0 Å². The highest BCUT2D eigenvalue weighted by Crippen LogP contribution is 2.27. The monoisotopic (exact) mass is 335 g/mol. The maximum atomic E-state index is 12.3. The largest absolute Gasteiger partial charge is 0.464 e. The fourth-order valence-corrected chi connectivity index (χ4v) is 3.29. The van der Waals surface area contributed by atoms with Crippen molar-refractivity contribution in [3.63, 3.8) is 0 Å². The summed E-state index contributed by atoms with van der Waals surface area (Å²) in [6.45, 7) is 5.93. The molecule has 0 spiro atoms. The minimum Gasteiger partial charge on any atom is -0.464 e. The van der Waals surface area contributed by atoms with Gasteiger partial charge >= 0.3 is 5.97 Å². The third-order valence-corrected chi connectivity index (χ3v) is 4.35. The molecule has 2 aromatic rings. The van der Waals surface area contributed by atoms with Gasteiger partial charge in [-0.15, -0.1) is 11.3 Å². The lowest BCUT2D eigenvalue weighted by atomic mass is 10.1. The van der Waals surface area contributed by atoms with E-state index < -0.39 is 5.97 Å². The average Bonchev–Trinajstić information content (AvgIpc) is 3.15. The third kappa shape index (κ3) is 4.19. The van der Waals surface area contributed by atoms with Crippen LogP contribution in [-0.2, 0) is 16.0 Å². The van der Waals surface area contributed by atoms with Gasteiger partial charge in [0, 0.05) is 17.3 Å². The molecule has 0 fully saturated rings. The predicted octanol–water partition coefficient (Wildman–Crippen LogP) is 3.13. The van der Waals surface area contributed by atoms with E-state index in [9.17, 15) is 9.59 Å². The first-order valence-corrected chi connectivity index (χ1v) is 8.25. The Morgan fingerprint density at radius 1 is 1.30 bits per heavy atom. The van der Waals surface area contributed by atoms with E-state index in [-0.39, 0.29) is 17.6 Å². The number of aromatic nitrogens is 2. The Labute approximate surface area is 139 Å². The maximum Gasteiger partial charge on any atom is 0.357 e. The highest BCUT2D eigenvalue weighted by molar-refractivity contribution is 7.16. The van der Waals surface area contributed by atoms with E-state index in [0.717, 1.165) is 4.88 Å². The quantitative estimate of drug-likeness (QED) is 0.823. The molecular formula is C16H21N3O3S. The first-order chi connectivity index (χ1) is 10.9. The molecule has 2 rings (SSSR count). The van der Waals surface area contributed by atoms with Gasteiger partial charge in [-0.05, 0) is 31.4 Å². The Balaban J connectivity index is 2.17. The lowest BCUT2D eigenvalue weighted by Gasteiger charge is -2.12.